The zero-order valence-corrected chi connectivity index (χ0v) is 43.4. The van der Waals surface area contributed by atoms with Gasteiger partial charge in [0, 0.05) is 12.3 Å². The lowest BCUT2D eigenvalue weighted by atomic mass is 9.89. The van der Waals surface area contributed by atoms with E-state index in [0.29, 0.717) is 5.92 Å². The summed E-state index contributed by atoms with van der Waals surface area (Å²) in [6, 6.07) is 0. The van der Waals surface area contributed by atoms with E-state index in [1.54, 1.807) is 0 Å². The van der Waals surface area contributed by atoms with Gasteiger partial charge in [-0.3, -0.25) is 0 Å². The van der Waals surface area contributed by atoms with Crippen molar-refractivity contribution in [2.45, 2.75) is 239 Å². The van der Waals surface area contributed by atoms with Crippen molar-refractivity contribution >= 4 is 33.3 Å². The standard InChI is InChI=1S/C45H92O4Si4/c1-23-24-27-31-37(47-51(17,18)43(6,7)8)33-34-39-38(32-29-26-25-28-30-36(2)46-50(15,16)42(3,4)5)40(48-52(19,20)44(9,10)11)35-41(39)49-53(21,22)45(12,13)14/h26,29,33-34,37-41H,2,23-25,27-28,30-32,35H2,1,3-22H3/t37?,38-,39-,40+,41-/m1/s1. The first-order valence-electron chi connectivity index (χ1n) is 21.4. The van der Waals surface area contributed by atoms with Gasteiger partial charge in [-0.05, 0) is 111 Å². The van der Waals surface area contributed by atoms with Gasteiger partial charge in [0.25, 0.3) is 0 Å². The molecule has 0 saturated heterocycles. The van der Waals surface area contributed by atoms with Crippen LogP contribution < -0.4 is 0 Å². The number of rotatable bonds is 20. The Bertz CT molecular complexity index is 1170. The largest absolute Gasteiger partial charge is 0.547 e. The molecule has 0 radical (unpaired) electrons. The molecule has 1 aliphatic rings. The van der Waals surface area contributed by atoms with Crippen LogP contribution in [0.3, 0.4) is 0 Å². The predicted octanol–water partition coefficient (Wildman–Crippen LogP) is 15.6. The molecule has 0 aromatic carbocycles. The summed E-state index contributed by atoms with van der Waals surface area (Å²) in [7, 11) is -7.86. The second-order valence-electron chi connectivity index (χ2n) is 22.6. The fourth-order valence-corrected chi connectivity index (χ4v) is 11.2. The quantitative estimate of drug-likeness (QED) is 0.0531. The van der Waals surface area contributed by atoms with Crippen LogP contribution >= 0.6 is 0 Å². The van der Waals surface area contributed by atoms with Crippen molar-refractivity contribution < 1.29 is 17.7 Å². The van der Waals surface area contributed by atoms with E-state index in [9.17, 15) is 0 Å². The van der Waals surface area contributed by atoms with Crippen molar-refractivity contribution in [1.82, 2.24) is 0 Å². The Kier molecular flexibility index (Phi) is 18.7. The summed E-state index contributed by atoms with van der Waals surface area (Å²) in [5.41, 5.74) is 0. The number of hydrogen-bond acceptors (Lipinski definition) is 4. The second-order valence-corrected chi connectivity index (χ2v) is 41.6. The predicted molar refractivity (Wildman–Crippen MR) is 246 cm³/mol. The Morgan fingerprint density at radius 2 is 1.15 bits per heavy atom. The molecule has 1 fully saturated rings. The molecule has 5 atom stereocenters. The fourth-order valence-electron chi connectivity index (χ4n) is 5.98. The number of allylic oxidation sites excluding steroid dienone is 3. The van der Waals surface area contributed by atoms with E-state index < -0.39 is 33.3 Å². The van der Waals surface area contributed by atoms with Crippen molar-refractivity contribution in [2.75, 3.05) is 0 Å². The van der Waals surface area contributed by atoms with Crippen LogP contribution in [0.15, 0.2) is 36.6 Å². The number of unbranched alkanes of at least 4 members (excludes halogenated alkanes) is 3. The minimum atomic E-state index is -2.04. The van der Waals surface area contributed by atoms with E-state index in [0.717, 1.165) is 44.3 Å². The highest BCUT2D eigenvalue weighted by molar-refractivity contribution is 6.75. The minimum absolute atomic E-state index is 0.133. The summed E-state index contributed by atoms with van der Waals surface area (Å²) in [6.07, 6.45) is 20.0. The van der Waals surface area contributed by atoms with Gasteiger partial charge in [0.1, 0.15) is 0 Å². The van der Waals surface area contributed by atoms with Crippen LogP contribution in [0.1, 0.15) is 148 Å². The summed E-state index contributed by atoms with van der Waals surface area (Å²) in [5, 5.41) is 0.641. The highest BCUT2D eigenvalue weighted by Gasteiger charge is 2.50. The highest BCUT2D eigenvalue weighted by Crippen LogP contribution is 2.48. The third-order valence-corrected chi connectivity index (χ3v) is 31.8. The maximum absolute atomic E-state index is 7.40. The first kappa shape index (κ1) is 50.8. The fraction of sp³-hybridized carbons (Fsp3) is 0.867. The molecule has 1 unspecified atom stereocenters. The molecule has 1 rings (SSSR count). The first-order valence-corrected chi connectivity index (χ1v) is 33.1. The van der Waals surface area contributed by atoms with E-state index in [2.05, 4.69) is 173 Å². The van der Waals surface area contributed by atoms with Crippen LogP contribution in [0, 0.1) is 11.8 Å². The lowest BCUT2D eigenvalue weighted by Gasteiger charge is -2.40. The molecule has 1 aliphatic carbocycles. The Hall–Kier alpha value is -0.232. The molecule has 0 bridgehead atoms. The van der Waals surface area contributed by atoms with Crippen LogP contribution in [0.4, 0.5) is 0 Å². The zero-order chi connectivity index (χ0) is 41.5. The van der Waals surface area contributed by atoms with Gasteiger partial charge in [-0.1, -0.05) is 140 Å². The van der Waals surface area contributed by atoms with Crippen molar-refractivity contribution in [3.8, 4) is 0 Å². The Morgan fingerprint density at radius 1 is 0.660 bits per heavy atom. The van der Waals surface area contributed by atoms with Gasteiger partial charge >= 0.3 is 0 Å². The Labute approximate surface area is 336 Å². The van der Waals surface area contributed by atoms with E-state index >= 15 is 0 Å². The van der Waals surface area contributed by atoms with Crippen molar-refractivity contribution in [3.05, 3.63) is 36.6 Å². The van der Waals surface area contributed by atoms with Crippen molar-refractivity contribution in [1.29, 1.82) is 0 Å². The molecule has 1 saturated carbocycles. The molecule has 312 valence electrons. The summed E-state index contributed by atoms with van der Waals surface area (Å²) in [6.45, 7) is 53.8. The summed E-state index contributed by atoms with van der Waals surface area (Å²) >= 11 is 0. The van der Waals surface area contributed by atoms with Crippen LogP contribution in [-0.2, 0) is 17.7 Å². The summed E-state index contributed by atoms with van der Waals surface area (Å²) in [4.78, 5) is 0. The average molecular weight is 810 g/mol. The topological polar surface area (TPSA) is 36.9 Å². The molecule has 0 N–H and O–H groups in total. The maximum Gasteiger partial charge on any atom is 0.250 e. The Balaban J connectivity index is 3.53. The summed E-state index contributed by atoms with van der Waals surface area (Å²) < 4.78 is 28.4. The summed E-state index contributed by atoms with van der Waals surface area (Å²) in [5.74, 6) is 1.58. The van der Waals surface area contributed by atoms with Gasteiger partial charge in [0.2, 0.25) is 8.32 Å². The van der Waals surface area contributed by atoms with Gasteiger partial charge in [-0.25, -0.2) is 0 Å². The SMILES string of the molecule is C=C(CCCC=CC[C@@H]1[C@@H](C=CC(CCCCC)O[Si](C)(C)C(C)(C)C)[C@H](O[Si](C)(C)C(C)(C)C)C[C@@H]1O[Si](C)(C)C(C)(C)C)O[Si](C)(C)C(C)(C)C. The highest BCUT2D eigenvalue weighted by atomic mass is 28.4. The normalized spacial score (nSPS) is 22.3. The lowest BCUT2D eigenvalue weighted by Crippen LogP contribution is -2.45. The van der Waals surface area contributed by atoms with Gasteiger partial charge in [-0.15, -0.1) is 0 Å². The molecule has 0 spiro atoms. The molecule has 0 aromatic heterocycles. The van der Waals surface area contributed by atoms with Crippen molar-refractivity contribution in [2.24, 2.45) is 11.8 Å². The molecule has 0 aliphatic heterocycles. The smallest absolute Gasteiger partial charge is 0.250 e. The molecule has 8 heteroatoms. The molecule has 0 amide bonds. The van der Waals surface area contributed by atoms with E-state index in [1.807, 2.05) is 0 Å². The van der Waals surface area contributed by atoms with Gasteiger partial charge in [-0.2, -0.15) is 0 Å². The molecule has 0 aromatic rings. The molecule has 4 nitrogen and oxygen atoms in total. The van der Waals surface area contributed by atoms with E-state index in [1.165, 1.54) is 19.3 Å². The average Bonchev–Trinajstić information content (AvgIpc) is 3.24. The molecule has 53 heavy (non-hydrogen) atoms. The van der Waals surface area contributed by atoms with Crippen LogP contribution in [0.2, 0.25) is 72.5 Å². The van der Waals surface area contributed by atoms with E-state index in [4.69, 9.17) is 17.7 Å². The first-order chi connectivity index (χ1) is 23.7. The second kappa shape index (κ2) is 19.5. The van der Waals surface area contributed by atoms with Gasteiger partial charge in [0.15, 0.2) is 25.0 Å². The third kappa shape index (κ3) is 15.6. The zero-order valence-electron chi connectivity index (χ0n) is 39.4. The third-order valence-electron chi connectivity index (χ3n) is 13.9. The van der Waals surface area contributed by atoms with Crippen LogP contribution in [-0.4, -0.2) is 51.6 Å². The number of hydrogen-bond donors (Lipinski definition) is 0. The van der Waals surface area contributed by atoms with Crippen LogP contribution in [0.5, 0.6) is 0 Å². The molecular formula is C45H92O4Si4. The van der Waals surface area contributed by atoms with Gasteiger partial charge in [0.05, 0.1) is 24.1 Å². The van der Waals surface area contributed by atoms with Crippen molar-refractivity contribution in [3.63, 3.8) is 0 Å². The molecular weight excluding hydrogens is 717 g/mol. The monoisotopic (exact) mass is 809 g/mol. The molecule has 0 heterocycles. The Morgan fingerprint density at radius 3 is 1.62 bits per heavy atom. The maximum atomic E-state index is 7.40. The minimum Gasteiger partial charge on any atom is -0.547 e. The lowest BCUT2D eigenvalue weighted by molar-refractivity contribution is 0.129. The van der Waals surface area contributed by atoms with Gasteiger partial charge < -0.3 is 17.7 Å². The van der Waals surface area contributed by atoms with Crippen LogP contribution in [0.25, 0.3) is 0 Å². The van der Waals surface area contributed by atoms with E-state index in [-0.39, 0.29) is 44.4 Å².